The van der Waals surface area contributed by atoms with E-state index in [1.54, 1.807) is 31.4 Å². The maximum Gasteiger partial charge on any atom is 0.232 e. The number of anilines is 1. The van der Waals surface area contributed by atoms with E-state index in [4.69, 9.17) is 9.47 Å². The Morgan fingerprint density at radius 1 is 1.03 bits per heavy atom. The Balaban J connectivity index is 1.77. The van der Waals surface area contributed by atoms with E-state index in [1.807, 2.05) is 32.0 Å². The summed E-state index contributed by atoms with van der Waals surface area (Å²) < 4.78 is 36.4. The Morgan fingerprint density at radius 2 is 1.63 bits per heavy atom. The molecule has 8 heteroatoms. The Hall–Kier alpha value is -2.74. The minimum Gasteiger partial charge on any atom is -0.497 e. The van der Waals surface area contributed by atoms with E-state index in [1.165, 1.54) is 10.6 Å². The van der Waals surface area contributed by atoms with Crippen molar-refractivity contribution in [3.8, 4) is 11.5 Å². The number of nitrogens with one attached hydrogen (secondary N) is 1. The van der Waals surface area contributed by atoms with Crippen LogP contribution in [-0.4, -0.2) is 47.4 Å². The standard InChI is InChI=1S/C22H30N2O5S/c1-17-14-18(2)16-19(15-17)24(30(4,26)27)12-5-6-22(25)23-11-13-29-21-9-7-20(28-3)8-10-21/h7-10,14-16H,5-6,11-13H2,1-4H3,(H,23,25). The summed E-state index contributed by atoms with van der Waals surface area (Å²) in [5.74, 6) is 1.31. The lowest BCUT2D eigenvalue weighted by molar-refractivity contribution is -0.121. The smallest absolute Gasteiger partial charge is 0.232 e. The van der Waals surface area contributed by atoms with Crippen LogP contribution >= 0.6 is 0 Å². The molecule has 0 aliphatic carbocycles. The molecule has 164 valence electrons. The van der Waals surface area contributed by atoms with Crippen LogP contribution in [0.3, 0.4) is 0 Å². The molecule has 0 aromatic heterocycles. The molecule has 0 saturated heterocycles. The second kappa shape index (κ2) is 10.9. The zero-order valence-electron chi connectivity index (χ0n) is 18.0. The van der Waals surface area contributed by atoms with Crippen LogP contribution in [0, 0.1) is 13.8 Å². The topological polar surface area (TPSA) is 84.9 Å². The van der Waals surface area contributed by atoms with Crippen LogP contribution in [0.1, 0.15) is 24.0 Å². The second-order valence-electron chi connectivity index (χ2n) is 7.16. The molecule has 7 nitrogen and oxygen atoms in total. The largest absolute Gasteiger partial charge is 0.497 e. The molecule has 1 amide bonds. The summed E-state index contributed by atoms with van der Waals surface area (Å²) in [5, 5.41) is 2.79. The number of methoxy groups -OCH3 is 1. The molecule has 1 N–H and O–H groups in total. The van der Waals surface area contributed by atoms with Crippen molar-refractivity contribution in [3.05, 3.63) is 53.6 Å². The highest BCUT2D eigenvalue weighted by atomic mass is 32.2. The molecule has 0 aliphatic rings. The Labute approximate surface area is 179 Å². The van der Waals surface area contributed by atoms with E-state index in [0.717, 1.165) is 16.9 Å². The highest BCUT2D eigenvalue weighted by Gasteiger charge is 2.18. The van der Waals surface area contributed by atoms with Gasteiger partial charge in [0.2, 0.25) is 15.9 Å². The van der Waals surface area contributed by atoms with Gasteiger partial charge in [0, 0.05) is 13.0 Å². The van der Waals surface area contributed by atoms with Crippen LogP contribution in [0.4, 0.5) is 5.69 Å². The maximum atomic E-state index is 12.2. The predicted molar refractivity (Wildman–Crippen MR) is 119 cm³/mol. The SMILES string of the molecule is COc1ccc(OCCNC(=O)CCCN(c2cc(C)cc(C)c2)S(C)(=O)=O)cc1. The van der Waals surface area contributed by atoms with E-state index in [2.05, 4.69) is 5.32 Å². The molecule has 0 aliphatic heterocycles. The van der Waals surface area contributed by atoms with Gasteiger partial charge in [0.1, 0.15) is 18.1 Å². The zero-order chi connectivity index (χ0) is 22.1. The number of ether oxygens (including phenoxy) is 2. The molecule has 0 bridgehead atoms. The van der Waals surface area contributed by atoms with Gasteiger partial charge in [0.15, 0.2) is 0 Å². The molecule has 2 aromatic rings. The minimum absolute atomic E-state index is 0.137. The fourth-order valence-corrected chi connectivity index (χ4v) is 4.03. The monoisotopic (exact) mass is 434 g/mol. The van der Waals surface area contributed by atoms with Crippen LogP contribution in [0.15, 0.2) is 42.5 Å². The van der Waals surface area contributed by atoms with Crippen molar-refractivity contribution in [2.75, 3.05) is 37.4 Å². The maximum absolute atomic E-state index is 12.2. The van der Waals surface area contributed by atoms with Gasteiger partial charge in [0.05, 0.1) is 25.6 Å². The molecule has 30 heavy (non-hydrogen) atoms. The van der Waals surface area contributed by atoms with Crippen molar-refractivity contribution in [2.24, 2.45) is 0 Å². The predicted octanol–water partition coefficient (Wildman–Crippen LogP) is 3.05. The first-order valence-corrected chi connectivity index (χ1v) is 11.6. The number of carbonyl (C=O) groups is 1. The highest BCUT2D eigenvalue weighted by Crippen LogP contribution is 2.22. The number of carbonyl (C=O) groups excluding carboxylic acids is 1. The molecule has 2 rings (SSSR count). The number of benzene rings is 2. The number of rotatable bonds is 11. The molecule has 0 unspecified atom stereocenters. The lowest BCUT2D eigenvalue weighted by atomic mass is 10.1. The van der Waals surface area contributed by atoms with Gasteiger partial charge < -0.3 is 14.8 Å². The first-order valence-electron chi connectivity index (χ1n) is 9.78. The third kappa shape index (κ3) is 7.59. The zero-order valence-corrected chi connectivity index (χ0v) is 18.8. The van der Waals surface area contributed by atoms with Crippen molar-refractivity contribution in [1.82, 2.24) is 5.32 Å². The number of amides is 1. The van der Waals surface area contributed by atoms with Crippen molar-refractivity contribution in [1.29, 1.82) is 0 Å². The molecule has 0 radical (unpaired) electrons. The van der Waals surface area contributed by atoms with Gasteiger partial charge in [-0.2, -0.15) is 0 Å². The van der Waals surface area contributed by atoms with Gasteiger partial charge in [-0.1, -0.05) is 6.07 Å². The highest BCUT2D eigenvalue weighted by molar-refractivity contribution is 7.92. The summed E-state index contributed by atoms with van der Waals surface area (Å²) >= 11 is 0. The molecule has 0 fully saturated rings. The summed E-state index contributed by atoms with van der Waals surface area (Å²) in [7, 11) is -1.83. The third-order valence-electron chi connectivity index (χ3n) is 4.41. The van der Waals surface area contributed by atoms with Crippen LogP contribution in [0.25, 0.3) is 0 Å². The minimum atomic E-state index is -3.43. The lowest BCUT2D eigenvalue weighted by Gasteiger charge is -2.23. The van der Waals surface area contributed by atoms with Crippen LogP contribution < -0.4 is 19.1 Å². The van der Waals surface area contributed by atoms with E-state index < -0.39 is 10.0 Å². The summed E-state index contributed by atoms with van der Waals surface area (Å²) in [5.41, 5.74) is 2.62. The van der Waals surface area contributed by atoms with Crippen LogP contribution in [0.2, 0.25) is 0 Å². The third-order valence-corrected chi connectivity index (χ3v) is 5.61. The molecule has 0 spiro atoms. The molecule has 0 atom stereocenters. The average Bonchev–Trinajstić information content (AvgIpc) is 2.67. The second-order valence-corrected chi connectivity index (χ2v) is 9.07. The Morgan fingerprint density at radius 3 is 2.20 bits per heavy atom. The van der Waals surface area contributed by atoms with Gasteiger partial charge in [-0.3, -0.25) is 9.10 Å². The molecule has 2 aromatic carbocycles. The number of sulfonamides is 1. The summed E-state index contributed by atoms with van der Waals surface area (Å²) in [6.07, 6.45) is 1.84. The van der Waals surface area contributed by atoms with Gasteiger partial charge in [-0.05, 0) is 67.8 Å². The number of nitrogens with zero attached hydrogens (tertiary/aromatic N) is 1. The normalized spacial score (nSPS) is 11.1. The van der Waals surface area contributed by atoms with Gasteiger partial charge in [-0.15, -0.1) is 0 Å². The van der Waals surface area contributed by atoms with E-state index in [0.29, 0.717) is 31.0 Å². The number of hydrogen-bond donors (Lipinski definition) is 1. The van der Waals surface area contributed by atoms with E-state index >= 15 is 0 Å². The average molecular weight is 435 g/mol. The van der Waals surface area contributed by atoms with Gasteiger partial charge >= 0.3 is 0 Å². The summed E-state index contributed by atoms with van der Waals surface area (Å²) in [4.78, 5) is 12.1. The van der Waals surface area contributed by atoms with Crippen molar-refractivity contribution in [3.63, 3.8) is 0 Å². The fraction of sp³-hybridized carbons (Fsp3) is 0.409. The summed E-state index contributed by atoms with van der Waals surface area (Å²) in [6, 6.07) is 12.9. The molecular weight excluding hydrogens is 404 g/mol. The molecule has 0 heterocycles. The lowest BCUT2D eigenvalue weighted by Crippen LogP contribution is -2.33. The van der Waals surface area contributed by atoms with E-state index in [9.17, 15) is 13.2 Å². The van der Waals surface area contributed by atoms with Crippen LogP contribution in [-0.2, 0) is 14.8 Å². The number of aryl methyl sites for hydroxylation is 2. The number of hydrogen-bond acceptors (Lipinski definition) is 5. The van der Waals surface area contributed by atoms with Crippen molar-refractivity contribution < 1.29 is 22.7 Å². The fourth-order valence-electron chi connectivity index (χ4n) is 3.08. The summed E-state index contributed by atoms with van der Waals surface area (Å²) in [6.45, 7) is 4.82. The van der Waals surface area contributed by atoms with Crippen molar-refractivity contribution >= 4 is 21.6 Å². The first kappa shape index (κ1) is 23.5. The van der Waals surface area contributed by atoms with Crippen molar-refractivity contribution in [2.45, 2.75) is 26.7 Å². The Kier molecular flexibility index (Phi) is 8.53. The molecular formula is C22H30N2O5S. The van der Waals surface area contributed by atoms with E-state index in [-0.39, 0.29) is 18.9 Å². The first-order chi connectivity index (χ1) is 14.2. The quantitative estimate of drug-likeness (QED) is 0.550. The van der Waals surface area contributed by atoms with Gasteiger partial charge in [0.25, 0.3) is 0 Å². The van der Waals surface area contributed by atoms with Crippen LogP contribution in [0.5, 0.6) is 11.5 Å². The molecule has 0 saturated carbocycles. The Bertz CT molecular complexity index is 922. The van der Waals surface area contributed by atoms with Gasteiger partial charge in [-0.25, -0.2) is 8.42 Å².